The molecule has 3 nitrogen and oxygen atoms in total. The Labute approximate surface area is 120 Å². The number of aromatic nitrogens is 1. The van der Waals surface area contributed by atoms with Crippen molar-refractivity contribution in [1.29, 1.82) is 0 Å². The van der Waals surface area contributed by atoms with Crippen LogP contribution in [0.4, 0.5) is 11.4 Å². The van der Waals surface area contributed by atoms with Crippen molar-refractivity contribution in [1.82, 2.24) is 4.98 Å². The molecular formula is C13H12BrN3S. The molecule has 1 aromatic carbocycles. The number of hydrogen-bond acceptors (Lipinski definition) is 3. The van der Waals surface area contributed by atoms with Crippen molar-refractivity contribution in [2.45, 2.75) is 6.92 Å². The van der Waals surface area contributed by atoms with Crippen LogP contribution in [0.3, 0.4) is 0 Å². The van der Waals surface area contributed by atoms with Gasteiger partial charge in [-0.3, -0.25) is 4.98 Å². The van der Waals surface area contributed by atoms with E-state index in [1.54, 1.807) is 12.3 Å². The molecule has 0 amide bonds. The number of halogens is 1. The summed E-state index contributed by atoms with van der Waals surface area (Å²) >= 11 is 8.36. The Bertz CT molecular complexity index is 581. The third kappa shape index (κ3) is 3.05. The number of thiocarbonyl (C=S) groups is 1. The van der Waals surface area contributed by atoms with Crippen molar-refractivity contribution >= 4 is 44.5 Å². The summed E-state index contributed by atoms with van der Waals surface area (Å²) in [7, 11) is 0. The second-order valence-corrected chi connectivity index (χ2v) is 5.20. The molecule has 0 aliphatic carbocycles. The summed E-state index contributed by atoms with van der Waals surface area (Å²) in [4.78, 5) is 4.49. The molecule has 1 heterocycles. The van der Waals surface area contributed by atoms with E-state index in [0.29, 0.717) is 10.7 Å². The lowest BCUT2D eigenvalue weighted by atomic mass is 10.2. The van der Waals surface area contributed by atoms with Gasteiger partial charge in [0.15, 0.2) is 0 Å². The minimum absolute atomic E-state index is 0.304. The molecule has 3 N–H and O–H groups in total. The minimum atomic E-state index is 0.304. The van der Waals surface area contributed by atoms with Gasteiger partial charge in [0.1, 0.15) is 4.99 Å². The van der Waals surface area contributed by atoms with Crippen molar-refractivity contribution in [3.05, 3.63) is 52.3 Å². The molecule has 0 bridgehead atoms. The minimum Gasteiger partial charge on any atom is -0.388 e. The second-order valence-electron chi connectivity index (χ2n) is 3.90. The first-order chi connectivity index (χ1) is 8.56. The first kappa shape index (κ1) is 13.0. The van der Waals surface area contributed by atoms with Gasteiger partial charge in [0, 0.05) is 4.47 Å². The van der Waals surface area contributed by atoms with Crippen LogP contribution in [0.5, 0.6) is 0 Å². The van der Waals surface area contributed by atoms with Gasteiger partial charge >= 0.3 is 0 Å². The fraction of sp³-hybridized carbons (Fsp3) is 0.0769. The predicted octanol–water partition coefficient (Wildman–Crippen LogP) is 3.53. The molecular weight excluding hydrogens is 310 g/mol. The molecule has 2 aromatic rings. The highest BCUT2D eigenvalue weighted by molar-refractivity contribution is 9.10. The van der Waals surface area contributed by atoms with Crippen LogP contribution < -0.4 is 11.1 Å². The SMILES string of the molecule is Cc1ccc(Br)c(Nc2ccc(C(N)=S)nc2)c1. The van der Waals surface area contributed by atoms with Crippen LogP contribution in [0.2, 0.25) is 0 Å². The van der Waals surface area contributed by atoms with Gasteiger partial charge in [-0.05, 0) is 52.7 Å². The van der Waals surface area contributed by atoms with Gasteiger partial charge in [-0.25, -0.2) is 0 Å². The van der Waals surface area contributed by atoms with E-state index in [-0.39, 0.29) is 0 Å². The van der Waals surface area contributed by atoms with Crippen LogP contribution in [0.25, 0.3) is 0 Å². The van der Waals surface area contributed by atoms with E-state index < -0.39 is 0 Å². The number of anilines is 2. The molecule has 0 aliphatic heterocycles. The normalized spacial score (nSPS) is 10.1. The molecule has 2 rings (SSSR count). The molecule has 0 atom stereocenters. The van der Waals surface area contributed by atoms with E-state index in [1.165, 1.54) is 5.56 Å². The zero-order valence-corrected chi connectivity index (χ0v) is 12.2. The van der Waals surface area contributed by atoms with Gasteiger partial charge in [-0.1, -0.05) is 18.3 Å². The summed E-state index contributed by atoms with van der Waals surface area (Å²) in [5, 5.41) is 3.29. The van der Waals surface area contributed by atoms with E-state index in [9.17, 15) is 0 Å². The fourth-order valence-corrected chi connectivity index (χ4v) is 1.97. The van der Waals surface area contributed by atoms with Gasteiger partial charge < -0.3 is 11.1 Å². The lowest BCUT2D eigenvalue weighted by molar-refractivity contribution is 1.28. The van der Waals surface area contributed by atoms with E-state index >= 15 is 0 Å². The molecule has 0 unspecified atom stereocenters. The number of rotatable bonds is 3. The number of aryl methyl sites for hydroxylation is 1. The van der Waals surface area contributed by atoms with Crippen LogP contribution in [0.15, 0.2) is 41.0 Å². The highest BCUT2D eigenvalue weighted by atomic mass is 79.9. The van der Waals surface area contributed by atoms with Gasteiger partial charge in [-0.15, -0.1) is 0 Å². The van der Waals surface area contributed by atoms with E-state index in [2.05, 4.69) is 32.3 Å². The van der Waals surface area contributed by atoms with Crippen molar-refractivity contribution in [3.8, 4) is 0 Å². The highest BCUT2D eigenvalue weighted by Gasteiger charge is 2.02. The first-order valence-corrected chi connectivity index (χ1v) is 6.55. The van der Waals surface area contributed by atoms with Crippen molar-refractivity contribution in [3.63, 3.8) is 0 Å². The molecule has 0 fully saturated rings. The monoisotopic (exact) mass is 321 g/mol. The zero-order valence-electron chi connectivity index (χ0n) is 9.77. The van der Waals surface area contributed by atoms with Gasteiger partial charge in [-0.2, -0.15) is 0 Å². The second kappa shape index (κ2) is 5.46. The topological polar surface area (TPSA) is 50.9 Å². The summed E-state index contributed by atoms with van der Waals surface area (Å²) in [6.45, 7) is 2.05. The first-order valence-electron chi connectivity index (χ1n) is 5.35. The van der Waals surface area contributed by atoms with Crippen molar-refractivity contribution < 1.29 is 0 Å². The van der Waals surface area contributed by atoms with Gasteiger partial charge in [0.25, 0.3) is 0 Å². The maximum absolute atomic E-state index is 5.50. The van der Waals surface area contributed by atoms with Crippen molar-refractivity contribution in [2.24, 2.45) is 5.73 Å². The lowest BCUT2D eigenvalue weighted by Crippen LogP contribution is -2.11. The molecule has 0 aliphatic rings. The summed E-state index contributed by atoms with van der Waals surface area (Å²) < 4.78 is 1.01. The van der Waals surface area contributed by atoms with Crippen LogP contribution in [0, 0.1) is 6.92 Å². The Morgan fingerprint density at radius 3 is 2.72 bits per heavy atom. The average Bonchev–Trinajstić information content (AvgIpc) is 2.34. The lowest BCUT2D eigenvalue weighted by Gasteiger charge is -2.09. The number of benzene rings is 1. The molecule has 18 heavy (non-hydrogen) atoms. The number of pyridine rings is 1. The number of hydrogen-bond donors (Lipinski definition) is 2. The Hall–Kier alpha value is -1.46. The maximum Gasteiger partial charge on any atom is 0.122 e. The summed E-state index contributed by atoms with van der Waals surface area (Å²) in [5.74, 6) is 0. The Morgan fingerprint density at radius 2 is 2.11 bits per heavy atom. The molecule has 1 aromatic heterocycles. The number of nitrogens with zero attached hydrogens (tertiary/aromatic N) is 1. The Morgan fingerprint density at radius 1 is 1.33 bits per heavy atom. The van der Waals surface area contributed by atoms with Gasteiger partial charge in [0.05, 0.1) is 23.3 Å². The van der Waals surface area contributed by atoms with Crippen LogP contribution in [-0.4, -0.2) is 9.97 Å². The Balaban J connectivity index is 2.23. The molecule has 0 spiro atoms. The number of nitrogens with two attached hydrogens (primary N) is 1. The van der Waals surface area contributed by atoms with E-state index in [1.807, 2.05) is 25.1 Å². The van der Waals surface area contributed by atoms with E-state index in [0.717, 1.165) is 15.8 Å². The quantitative estimate of drug-likeness (QED) is 0.849. The van der Waals surface area contributed by atoms with Crippen LogP contribution in [-0.2, 0) is 0 Å². The third-order valence-electron chi connectivity index (χ3n) is 2.42. The summed E-state index contributed by atoms with van der Waals surface area (Å²) in [6, 6.07) is 9.81. The standard InChI is InChI=1S/C13H12BrN3S/c1-8-2-4-10(14)12(6-8)17-9-3-5-11(13(15)18)16-7-9/h2-7,17H,1H3,(H2,15,18). The fourth-order valence-electron chi connectivity index (χ4n) is 1.50. The largest absolute Gasteiger partial charge is 0.388 e. The highest BCUT2D eigenvalue weighted by Crippen LogP contribution is 2.26. The number of nitrogens with one attached hydrogen (secondary N) is 1. The molecule has 0 saturated carbocycles. The van der Waals surface area contributed by atoms with Crippen LogP contribution >= 0.6 is 28.1 Å². The maximum atomic E-state index is 5.50. The molecule has 92 valence electrons. The zero-order chi connectivity index (χ0) is 13.1. The van der Waals surface area contributed by atoms with Crippen molar-refractivity contribution in [2.75, 3.05) is 5.32 Å². The molecule has 5 heteroatoms. The third-order valence-corrected chi connectivity index (χ3v) is 3.32. The summed E-state index contributed by atoms with van der Waals surface area (Å²) in [5.41, 5.74) is 9.20. The summed E-state index contributed by atoms with van der Waals surface area (Å²) in [6.07, 6.45) is 1.71. The average molecular weight is 322 g/mol. The van der Waals surface area contributed by atoms with Gasteiger partial charge in [0.2, 0.25) is 0 Å². The predicted molar refractivity (Wildman–Crippen MR) is 82.3 cm³/mol. The van der Waals surface area contributed by atoms with Crippen LogP contribution in [0.1, 0.15) is 11.3 Å². The Kier molecular flexibility index (Phi) is 3.93. The smallest absolute Gasteiger partial charge is 0.122 e. The van der Waals surface area contributed by atoms with E-state index in [4.69, 9.17) is 18.0 Å². The molecule has 0 saturated heterocycles. The molecule has 0 radical (unpaired) electrons.